The first kappa shape index (κ1) is 22.4. The monoisotopic (exact) mass is 346 g/mol. The van der Waals surface area contributed by atoms with Crippen LogP contribution in [-0.2, 0) is 4.79 Å². The van der Waals surface area contributed by atoms with Crippen LogP contribution in [0.3, 0.4) is 0 Å². The molecule has 0 aromatic rings. The van der Waals surface area contributed by atoms with Gasteiger partial charge in [0.05, 0.1) is 0 Å². The van der Waals surface area contributed by atoms with Gasteiger partial charge in [0, 0.05) is 6.42 Å². The summed E-state index contributed by atoms with van der Waals surface area (Å²) >= 11 is 5.25. The van der Waals surface area contributed by atoms with Crippen LogP contribution < -0.4 is 0 Å². The van der Waals surface area contributed by atoms with Crippen molar-refractivity contribution >= 4 is 16.8 Å². The Morgan fingerprint density at radius 3 is 1.29 bits per heavy atom. The van der Waals surface area contributed by atoms with E-state index >= 15 is 0 Å². The van der Waals surface area contributed by atoms with Crippen molar-refractivity contribution in [1.82, 2.24) is 0 Å². The maximum absolute atomic E-state index is 10.5. The van der Waals surface area contributed by atoms with Crippen molar-refractivity contribution in [3.05, 3.63) is 72.9 Å². The fourth-order valence-corrected chi connectivity index (χ4v) is 1.95. The molecule has 2 heteroatoms. The van der Waals surface area contributed by atoms with Crippen molar-refractivity contribution in [1.29, 1.82) is 0 Å². The molecule has 0 saturated heterocycles. The first-order valence-corrected chi connectivity index (χ1v) is 9.23. The number of halogens is 1. The highest BCUT2D eigenvalue weighted by molar-refractivity contribution is 6.63. The van der Waals surface area contributed by atoms with Crippen LogP contribution >= 0.6 is 11.6 Å². The molecule has 0 radical (unpaired) electrons. The second kappa shape index (κ2) is 19.4. The minimum atomic E-state index is -0.269. The van der Waals surface area contributed by atoms with E-state index in [0.29, 0.717) is 6.42 Å². The predicted molar refractivity (Wildman–Crippen MR) is 108 cm³/mol. The summed E-state index contributed by atoms with van der Waals surface area (Å²) in [6, 6.07) is 0. The zero-order valence-corrected chi connectivity index (χ0v) is 15.6. The van der Waals surface area contributed by atoms with Gasteiger partial charge in [0.25, 0.3) is 0 Å². The van der Waals surface area contributed by atoms with Crippen LogP contribution in [0.5, 0.6) is 0 Å². The Labute approximate surface area is 153 Å². The fraction of sp³-hybridized carbons (Fsp3) is 0.409. The molecular formula is C22H31ClO. The largest absolute Gasteiger partial charge is 0.281 e. The Kier molecular flexibility index (Phi) is 18.2. The number of carbonyl (C=O) groups is 1. The number of rotatable bonds is 14. The summed E-state index contributed by atoms with van der Waals surface area (Å²) in [5.74, 6) is 0. The zero-order chi connectivity index (χ0) is 17.7. The lowest BCUT2D eigenvalue weighted by molar-refractivity contribution is -0.111. The van der Waals surface area contributed by atoms with Gasteiger partial charge in [0.1, 0.15) is 0 Å². The van der Waals surface area contributed by atoms with Crippen LogP contribution in [-0.4, -0.2) is 5.24 Å². The van der Waals surface area contributed by atoms with Gasteiger partial charge in [-0.15, -0.1) is 0 Å². The summed E-state index contributed by atoms with van der Waals surface area (Å²) in [6.45, 7) is 2.15. The Balaban J connectivity index is 3.51. The van der Waals surface area contributed by atoms with Crippen molar-refractivity contribution in [3.63, 3.8) is 0 Å². The topological polar surface area (TPSA) is 17.1 Å². The molecule has 0 aliphatic rings. The van der Waals surface area contributed by atoms with E-state index in [1.54, 1.807) is 0 Å². The molecule has 132 valence electrons. The van der Waals surface area contributed by atoms with Crippen LogP contribution in [0.1, 0.15) is 58.3 Å². The van der Waals surface area contributed by atoms with Crippen molar-refractivity contribution < 1.29 is 4.79 Å². The SMILES string of the molecule is CC/C=C/C/C=C/C/C=C/C/C=C/C/C=C/C/C=C/CCC(=O)Cl. The van der Waals surface area contributed by atoms with Gasteiger partial charge in [0.15, 0.2) is 0 Å². The van der Waals surface area contributed by atoms with Crippen molar-refractivity contribution in [3.8, 4) is 0 Å². The molecule has 0 fully saturated rings. The molecule has 0 aromatic carbocycles. The first-order valence-electron chi connectivity index (χ1n) is 8.85. The molecule has 0 aliphatic carbocycles. The smallest absolute Gasteiger partial charge is 0.221 e. The van der Waals surface area contributed by atoms with E-state index in [1.807, 2.05) is 6.08 Å². The van der Waals surface area contributed by atoms with E-state index in [4.69, 9.17) is 11.6 Å². The number of hydrogen-bond donors (Lipinski definition) is 0. The van der Waals surface area contributed by atoms with Crippen LogP contribution in [0, 0.1) is 0 Å². The Hall–Kier alpha value is -1.60. The van der Waals surface area contributed by atoms with Gasteiger partial charge < -0.3 is 0 Å². The summed E-state index contributed by atoms with van der Waals surface area (Å²) < 4.78 is 0. The highest BCUT2D eigenvalue weighted by Crippen LogP contribution is 1.99. The Morgan fingerprint density at radius 1 is 0.625 bits per heavy atom. The van der Waals surface area contributed by atoms with Crippen molar-refractivity contribution in [2.75, 3.05) is 0 Å². The lowest BCUT2D eigenvalue weighted by atomic mass is 10.2. The summed E-state index contributed by atoms with van der Waals surface area (Å²) in [4.78, 5) is 10.5. The highest BCUT2D eigenvalue weighted by Gasteiger charge is 1.90. The molecule has 0 bridgehead atoms. The summed E-state index contributed by atoms with van der Waals surface area (Å²) in [5, 5.41) is -0.269. The predicted octanol–water partition coefficient (Wildman–Crippen LogP) is 7.23. The van der Waals surface area contributed by atoms with Crippen molar-refractivity contribution in [2.24, 2.45) is 0 Å². The average molecular weight is 347 g/mol. The van der Waals surface area contributed by atoms with Crippen LogP contribution in [0.4, 0.5) is 0 Å². The Morgan fingerprint density at radius 2 is 0.958 bits per heavy atom. The standard InChI is InChI=1S/C22H31ClO/c1-2-3-4-5-6-7-8-9-10-11-12-13-14-15-16-17-18-19-20-21-22(23)24/h3-4,6-7,9-10,12-13,15-16,18-19H,2,5,8,11,14,17,20-21H2,1H3/b4-3+,7-6+,10-9+,13-12+,16-15+,19-18+. The van der Waals surface area contributed by atoms with Crippen LogP contribution in [0.2, 0.25) is 0 Å². The molecule has 0 heterocycles. The maximum atomic E-state index is 10.5. The lowest BCUT2D eigenvalue weighted by Gasteiger charge is -1.87. The molecule has 0 aliphatic heterocycles. The third-order valence-electron chi connectivity index (χ3n) is 3.10. The minimum Gasteiger partial charge on any atom is -0.281 e. The van der Waals surface area contributed by atoms with E-state index in [-0.39, 0.29) is 5.24 Å². The summed E-state index contributed by atoms with van der Waals surface area (Å²) in [7, 11) is 0. The lowest BCUT2D eigenvalue weighted by Crippen LogP contribution is -1.81. The second-order valence-corrected chi connectivity index (χ2v) is 5.73. The molecule has 0 unspecified atom stereocenters. The fourth-order valence-electron chi connectivity index (χ4n) is 1.84. The normalized spacial score (nSPS) is 13.1. The third kappa shape index (κ3) is 20.4. The van der Waals surface area contributed by atoms with E-state index in [9.17, 15) is 4.79 Å². The van der Waals surface area contributed by atoms with Gasteiger partial charge in [-0.05, 0) is 56.5 Å². The molecule has 0 N–H and O–H groups in total. The molecule has 0 atom stereocenters. The average Bonchev–Trinajstić information content (AvgIpc) is 2.56. The van der Waals surface area contributed by atoms with Gasteiger partial charge in [0.2, 0.25) is 5.24 Å². The third-order valence-corrected chi connectivity index (χ3v) is 3.29. The summed E-state index contributed by atoms with van der Waals surface area (Å²) in [6.07, 6.45) is 33.1. The number of hydrogen-bond acceptors (Lipinski definition) is 1. The van der Waals surface area contributed by atoms with E-state index < -0.39 is 0 Å². The van der Waals surface area contributed by atoms with Gasteiger partial charge in [-0.1, -0.05) is 79.8 Å². The maximum Gasteiger partial charge on any atom is 0.221 e. The van der Waals surface area contributed by atoms with Crippen LogP contribution in [0.15, 0.2) is 72.9 Å². The molecule has 0 spiro atoms. The van der Waals surface area contributed by atoms with Gasteiger partial charge in [-0.3, -0.25) is 4.79 Å². The first-order chi connectivity index (χ1) is 11.8. The van der Waals surface area contributed by atoms with E-state index in [1.165, 1.54) is 0 Å². The molecule has 0 aromatic heterocycles. The molecule has 0 saturated carbocycles. The molecule has 0 rings (SSSR count). The zero-order valence-electron chi connectivity index (χ0n) is 14.9. The molecule has 1 nitrogen and oxygen atoms in total. The molecule has 24 heavy (non-hydrogen) atoms. The van der Waals surface area contributed by atoms with Gasteiger partial charge in [-0.25, -0.2) is 0 Å². The van der Waals surface area contributed by atoms with E-state index in [0.717, 1.165) is 44.9 Å². The quantitative estimate of drug-likeness (QED) is 0.239. The number of carbonyl (C=O) groups excluding carboxylic acids is 1. The number of allylic oxidation sites excluding steroid dienone is 12. The minimum absolute atomic E-state index is 0.269. The van der Waals surface area contributed by atoms with Gasteiger partial charge in [-0.2, -0.15) is 0 Å². The molecular weight excluding hydrogens is 316 g/mol. The Bertz CT molecular complexity index is 464. The second-order valence-electron chi connectivity index (χ2n) is 5.31. The highest BCUT2D eigenvalue weighted by atomic mass is 35.5. The van der Waals surface area contributed by atoms with Crippen molar-refractivity contribution in [2.45, 2.75) is 58.3 Å². The molecule has 0 amide bonds. The summed E-state index contributed by atoms with van der Waals surface area (Å²) in [5.41, 5.74) is 0. The van der Waals surface area contributed by atoms with Gasteiger partial charge >= 0.3 is 0 Å². The van der Waals surface area contributed by atoms with Crippen LogP contribution in [0.25, 0.3) is 0 Å². The van der Waals surface area contributed by atoms with E-state index in [2.05, 4.69) is 73.8 Å².